The Labute approximate surface area is 79.0 Å². The maximum Gasteiger partial charge on any atom is 0.185 e. The zero-order valence-corrected chi connectivity index (χ0v) is 7.58. The number of aromatic nitrogens is 1. The van der Waals surface area contributed by atoms with E-state index in [2.05, 4.69) is 4.98 Å². The van der Waals surface area contributed by atoms with Crippen LogP contribution < -0.4 is 0 Å². The van der Waals surface area contributed by atoms with Crippen molar-refractivity contribution in [2.75, 3.05) is 0 Å². The minimum atomic E-state index is 0.398. The van der Waals surface area contributed by atoms with Gasteiger partial charge in [0, 0.05) is 23.6 Å². The Bertz CT molecular complexity index is 391. The standard InChI is InChI=1S/C9H7NO2S/c11-6-8-7(1-3-12-8)5-9-10-2-4-13-9/h1-4,6H,5H2. The molecular formula is C9H7NO2S. The van der Waals surface area contributed by atoms with Crippen LogP contribution in [0.4, 0.5) is 0 Å². The van der Waals surface area contributed by atoms with E-state index in [9.17, 15) is 4.79 Å². The van der Waals surface area contributed by atoms with Crippen LogP contribution in [0, 0.1) is 0 Å². The minimum Gasteiger partial charge on any atom is -0.461 e. The molecule has 2 heterocycles. The van der Waals surface area contributed by atoms with E-state index in [0.29, 0.717) is 12.2 Å². The highest BCUT2D eigenvalue weighted by Gasteiger charge is 2.06. The third-order valence-corrected chi connectivity index (χ3v) is 2.49. The van der Waals surface area contributed by atoms with Gasteiger partial charge < -0.3 is 4.42 Å². The van der Waals surface area contributed by atoms with Gasteiger partial charge in [-0.1, -0.05) is 0 Å². The van der Waals surface area contributed by atoms with Crippen LogP contribution >= 0.6 is 11.3 Å². The van der Waals surface area contributed by atoms with Gasteiger partial charge in [0.15, 0.2) is 12.0 Å². The minimum absolute atomic E-state index is 0.398. The van der Waals surface area contributed by atoms with E-state index in [0.717, 1.165) is 16.9 Å². The van der Waals surface area contributed by atoms with E-state index >= 15 is 0 Å². The van der Waals surface area contributed by atoms with Crippen LogP contribution in [0.1, 0.15) is 21.1 Å². The second-order valence-electron chi connectivity index (χ2n) is 2.53. The average molecular weight is 193 g/mol. The summed E-state index contributed by atoms with van der Waals surface area (Å²) >= 11 is 1.57. The van der Waals surface area contributed by atoms with E-state index in [-0.39, 0.29) is 0 Å². The van der Waals surface area contributed by atoms with Crippen molar-refractivity contribution in [3.63, 3.8) is 0 Å². The highest BCUT2D eigenvalue weighted by atomic mass is 32.1. The van der Waals surface area contributed by atoms with Gasteiger partial charge in [0.1, 0.15) is 0 Å². The summed E-state index contributed by atoms with van der Waals surface area (Å²) in [7, 11) is 0. The van der Waals surface area contributed by atoms with E-state index < -0.39 is 0 Å². The molecule has 4 heteroatoms. The number of carbonyl (C=O) groups excluding carboxylic acids is 1. The Morgan fingerprint density at radius 1 is 1.62 bits per heavy atom. The second-order valence-corrected chi connectivity index (χ2v) is 3.51. The topological polar surface area (TPSA) is 43.1 Å². The van der Waals surface area contributed by atoms with Gasteiger partial charge in [0.05, 0.1) is 11.3 Å². The molecule has 2 rings (SSSR count). The number of carbonyl (C=O) groups is 1. The summed E-state index contributed by atoms with van der Waals surface area (Å²) in [6.07, 6.45) is 4.67. The van der Waals surface area contributed by atoms with Gasteiger partial charge in [-0.15, -0.1) is 11.3 Å². The number of hydrogen-bond acceptors (Lipinski definition) is 4. The molecule has 66 valence electrons. The molecule has 2 aromatic heterocycles. The number of furan rings is 1. The van der Waals surface area contributed by atoms with Crippen molar-refractivity contribution < 1.29 is 9.21 Å². The fraction of sp³-hybridized carbons (Fsp3) is 0.111. The van der Waals surface area contributed by atoms with Gasteiger partial charge in [-0.3, -0.25) is 4.79 Å². The smallest absolute Gasteiger partial charge is 0.185 e. The monoisotopic (exact) mass is 193 g/mol. The number of nitrogens with zero attached hydrogens (tertiary/aromatic N) is 1. The predicted octanol–water partition coefficient (Wildman–Crippen LogP) is 2.14. The summed E-state index contributed by atoms with van der Waals surface area (Å²) < 4.78 is 4.97. The summed E-state index contributed by atoms with van der Waals surface area (Å²) in [6, 6.07) is 1.80. The summed E-state index contributed by atoms with van der Waals surface area (Å²) in [4.78, 5) is 14.6. The molecule has 0 bridgehead atoms. The number of rotatable bonds is 3. The van der Waals surface area contributed by atoms with Crippen LogP contribution in [0.2, 0.25) is 0 Å². The molecule has 0 aliphatic carbocycles. The molecule has 0 aromatic carbocycles. The van der Waals surface area contributed by atoms with Crippen LogP contribution in [-0.4, -0.2) is 11.3 Å². The first-order valence-corrected chi connectivity index (χ1v) is 4.68. The molecule has 0 fully saturated rings. The molecular weight excluding hydrogens is 186 g/mol. The van der Waals surface area contributed by atoms with E-state index in [1.54, 1.807) is 23.6 Å². The Hall–Kier alpha value is -1.42. The summed E-state index contributed by atoms with van der Waals surface area (Å²) in [5.74, 6) is 0.398. The Balaban J connectivity index is 2.23. The van der Waals surface area contributed by atoms with Crippen molar-refractivity contribution in [3.8, 4) is 0 Å². The van der Waals surface area contributed by atoms with Gasteiger partial charge in [-0.05, 0) is 6.07 Å². The summed E-state index contributed by atoms with van der Waals surface area (Å²) in [5.41, 5.74) is 0.893. The fourth-order valence-electron chi connectivity index (χ4n) is 1.10. The van der Waals surface area contributed by atoms with E-state index in [1.807, 2.05) is 5.38 Å². The Kier molecular flexibility index (Phi) is 2.23. The first kappa shape index (κ1) is 8.19. The molecule has 0 amide bonds. The molecule has 2 aromatic rings. The molecule has 3 nitrogen and oxygen atoms in total. The lowest BCUT2D eigenvalue weighted by atomic mass is 10.2. The zero-order valence-electron chi connectivity index (χ0n) is 6.77. The SMILES string of the molecule is O=Cc1occc1Cc1nccs1. The number of aldehydes is 1. The molecule has 0 unspecified atom stereocenters. The quantitative estimate of drug-likeness (QED) is 0.701. The third-order valence-electron chi connectivity index (χ3n) is 1.71. The molecule has 0 saturated heterocycles. The zero-order chi connectivity index (χ0) is 9.10. The number of hydrogen-bond donors (Lipinski definition) is 0. The first-order valence-electron chi connectivity index (χ1n) is 3.80. The van der Waals surface area contributed by atoms with Crippen molar-refractivity contribution in [1.29, 1.82) is 0 Å². The maximum absolute atomic E-state index is 10.5. The van der Waals surface area contributed by atoms with E-state index in [1.165, 1.54) is 6.26 Å². The van der Waals surface area contributed by atoms with Gasteiger partial charge >= 0.3 is 0 Å². The van der Waals surface area contributed by atoms with Crippen LogP contribution in [0.15, 0.2) is 28.3 Å². The van der Waals surface area contributed by atoms with Crippen molar-refractivity contribution in [3.05, 3.63) is 40.2 Å². The van der Waals surface area contributed by atoms with Crippen LogP contribution in [0.5, 0.6) is 0 Å². The third kappa shape index (κ3) is 1.67. The van der Waals surface area contributed by atoms with Gasteiger partial charge in [0.25, 0.3) is 0 Å². The van der Waals surface area contributed by atoms with Gasteiger partial charge in [0.2, 0.25) is 0 Å². The van der Waals surface area contributed by atoms with Gasteiger partial charge in [-0.25, -0.2) is 4.98 Å². The van der Waals surface area contributed by atoms with Crippen molar-refractivity contribution in [2.24, 2.45) is 0 Å². The summed E-state index contributed by atoms with van der Waals surface area (Å²) in [5, 5.41) is 2.90. The first-order chi connectivity index (χ1) is 6.40. The number of thiazole rings is 1. The Morgan fingerprint density at radius 2 is 2.54 bits per heavy atom. The molecule has 0 radical (unpaired) electrons. The molecule has 0 aliphatic rings. The van der Waals surface area contributed by atoms with Gasteiger partial charge in [-0.2, -0.15) is 0 Å². The highest BCUT2D eigenvalue weighted by Crippen LogP contribution is 2.15. The lowest BCUT2D eigenvalue weighted by molar-refractivity contribution is 0.109. The molecule has 0 saturated carbocycles. The van der Waals surface area contributed by atoms with E-state index in [4.69, 9.17) is 4.42 Å². The lowest BCUT2D eigenvalue weighted by Gasteiger charge is -1.92. The molecule has 0 aliphatic heterocycles. The lowest BCUT2D eigenvalue weighted by Crippen LogP contribution is -1.88. The second kappa shape index (κ2) is 3.53. The molecule has 0 atom stereocenters. The molecule has 13 heavy (non-hydrogen) atoms. The normalized spacial score (nSPS) is 10.2. The largest absolute Gasteiger partial charge is 0.461 e. The highest BCUT2D eigenvalue weighted by molar-refractivity contribution is 7.09. The predicted molar refractivity (Wildman–Crippen MR) is 49.0 cm³/mol. The average Bonchev–Trinajstić information content (AvgIpc) is 2.76. The van der Waals surface area contributed by atoms with Crippen molar-refractivity contribution in [2.45, 2.75) is 6.42 Å². The van der Waals surface area contributed by atoms with Crippen molar-refractivity contribution >= 4 is 17.6 Å². The molecule has 0 N–H and O–H groups in total. The van der Waals surface area contributed by atoms with Crippen LogP contribution in [0.3, 0.4) is 0 Å². The van der Waals surface area contributed by atoms with Crippen LogP contribution in [-0.2, 0) is 6.42 Å². The summed E-state index contributed by atoms with van der Waals surface area (Å²) in [6.45, 7) is 0. The van der Waals surface area contributed by atoms with Crippen LogP contribution in [0.25, 0.3) is 0 Å². The van der Waals surface area contributed by atoms with Crippen molar-refractivity contribution in [1.82, 2.24) is 4.98 Å². The molecule has 0 spiro atoms. The fourth-order valence-corrected chi connectivity index (χ4v) is 1.74. The maximum atomic E-state index is 10.5. The Morgan fingerprint density at radius 3 is 3.23 bits per heavy atom.